The normalized spacial score (nSPS) is 26.9. The van der Waals surface area contributed by atoms with Gasteiger partial charge >= 0.3 is 0 Å². The average Bonchev–Trinajstić information content (AvgIpc) is 2.50. The minimum absolute atomic E-state index is 0.276. The first-order chi connectivity index (χ1) is 7.06. The van der Waals surface area contributed by atoms with E-state index in [0.717, 1.165) is 19.4 Å². The van der Waals surface area contributed by atoms with Gasteiger partial charge in [0, 0.05) is 31.8 Å². The predicted molar refractivity (Wildman–Crippen MR) is 57.7 cm³/mol. The first-order valence-electron chi connectivity index (χ1n) is 5.88. The van der Waals surface area contributed by atoms with Crippen molar-refractivity contribution in [1.82, 2.24) is 4.90 Å². The van der Waals surface area contributed by atoms with Gasteiger partial charge in [-0.2, -0.15) is 0 Å². The predicted octanol–water partition coefficient (Wildman–Crippen LogP) is 1.55. The number of hydrogen-bond donors (Lipinski definition) is 0. The highest BCUT2D eigenvalue weighted by molar-refractivity contribution is 5.93. The molecule has 0 aromatic rings. The Labute approximate surface area is 90.8 Å². The number of likely N-dealkylation sites (tertiary alicyclic amines) is 1. The van der Waals surface area contributed by atoms with E-state index < -0.39 is 0 Å². The summed E-state index contributed by atoms with van der Waals surface area (Å²) in [4.78, 5) is 25.6. The first kappa shape index (κ1) is 10.8. The van der Waals surface area contributed by atoms with Crippen molar-refractivity contribution >= 4 is 11.6 Å². The van der Waals surface area contributed by atoms with Crippen molar-refractivity contribution in [3.8, 4) is 0 Å². The molecule has 2 fully saturated rings. The number of hydrogen-bond acceptors (Lipinski definition) is 3. The van der Waals surface area contributed by atoms with Crippen molar-refractivity contribution in [2.45, 2.75) is 57.5 Å². The molecule has 1 spiro atoms. The standard InChI is InChI=1S/C12H19NO2/c1-9(2)13-8-5-11(15)12(13)6-3-10(14)4-7-12/h9H,3-8H2,1-2H3. The maximum atomic E-state index is 12.0. The Balaban J connectivity index is 2.22. The van der Waals surface area contributed by atoms with Gasteiger partial charge in [0.05, 0.1) is 5.54 Å². The van der Waals surface area contributed by atoms with E-state index >= 15 is 0 Å². The van der Waals surface area contributed by atoms with Crippen molar-refractivity contribution in [3.05, 3.63) is 0 Å². The van der Waals surface area contributed by atoms with Crippen molar-refractivity contribution in [2.24, 2.45) is 0 Å². The molecular formula is C12H19NO2. The molecule has 0 radical (unpaired) electrons. The Morgan fingerprint density at radius 3 is 2.27 bits per heavy atom. The smallest absolute Gasteiger partial charge is 0.154 e. The molecule has 3 heteroatoms. The second-order valence-corrected chi connectivity index (χ2v) is 5.03. The van der Waals surface area contributed by atoms with Gasteiger partial charge in [-0.15, -0.1) is 0 Å². The summed E-state index contributed by atoms with van der Waals surface area (Å²) in [6.07, 6.45) is 3.36. The molecule has 2 rings (SSSR count). The van der Waals surface area contributed by atoms with E-state index in [1.165, 1.54) is 0 Å². The molecule has 1 aliphatic heterocycles. The zero-order valence-electron chi connectivity index (χ0n) is 9.58. The fourth-order valence-corrected chi connectivity index (χ4v) is 3.09. The minimum atomic E-state index is -0.276. The molecule has 0 atom stereocenters. The summed E-state index contributed by atoms with van der Waals surface area (Å²) in [5, 5.41) is 0. The molecule has 0 bridgehead atoms. The Bertz CT molecular complexity index is 286. The first-order valence-corrected chi connectivity index (χ1v) is 5.88. The molecule has 1 saturated carbocycles. The van der Waals surface area contributed by atoms with Gasteiger partial charge in [0.1, 0.15) is 5.78 Å². The maximum Gasteiger partial charge on any atom is 0.154 e. The molecule has 0 unspecified atom stereocenters. The van der Waals surface area contributed by atoms with Crippen LogP contribution in [0.2, 0.25) is 0 Å². The van der Waals surface area contributed by atoms with Crippen LogP contribution in [-0.2, 0) is 9.59 Å². The molecular weight excluding hydrogens is 190 g/mol. The third kappa shape index (κ3) is 1.63. The maximum absolute atomic E-state index is 12.0. The lowest BCUT2D eigenvalue weighted by molar-refractivity contribution is -0.131. The van der Waals surface area contributed by atoms with Gasteiger partial charge in [0.25, 0.3) is 0 Å². The van der Waals surface area contributed by atoms with Crippen LogP contribution in [0.3, 0.4) is 0 Å². The molecule has 0 aromatic heterocycles. The molecule has 0 aromatic carbocycles. The number of Topliss-reactive ketones (excluding diaryl/α,β-unsaturated/α-hetero) is 2. The number of carbonyl (C=O) groups excluding carboxylic acids is 2. The fraction of sp³-hybridized carbons (Fsp3) is 0.833. The van der Waals surface area contributed by atoms with E-state index in [0.29, 0.717) is 36.9 Å². The second-order valence-electron chi connectivity index (χ2n) is 5.03. The van der Waals surface area contributed by atoms with Crippen LogP contribution in [-0.4, -0.2) is 34.6 Å². The fourth-order valence-electron chi connectivity index (χ4n) is 3.09. The van der Waals surface area contributed by atoms with E-state index in [-0.39, 0.29) is 5.54 Å². The van der Waals surface area contributed by atoms with Gasteiger partial charge in [-0.05, 0) is 26.7 Å². The average molecular weight is 209 g/mol. The van der Waals surface area contributed by atoms with Gasteiger partial charge in [0.15, 0.2) is 5.78 Å². The van der Waals surface area contributed by atoms with Crippen LogP contribution in [0.25, 0.3) is 0 Å². The second kappa shape index (κ2) is 3.71. The van der Waals surface area contributed by atoms with Gasteiger partial charge in [-0.3, -0.25) is 14.5 Å². The van der Waals surface area contributed by atoms with Crippen molar-refractivity contribution in [3.63, 3.8) is 0 Å². The van der Waals surface area contributed by atoms with Gasteiger partial charge < -0.3 is 0 Å². The van der Waals surface area contributed by atoms with Gasteiger partial charge in [-0.1, -0.05) is 0 Å². The van der Waals surface area contributed by atoms with Crippen LogP contribution in [0.15, 0.2) is 0 Å². The summed E-state index contributed by atoms with van der Waals surface area (Å²) in [5.74, 6) is 0.688. The van der Waals surface area contributed by atoms with E-state index in [1.54, 1.807) is 0 Å². The lowest BCUT2D eigenvalue weighted by Crippen LogP contribution is -2.53. The zero-order chi connectivity index (χ0) is 11.1. The lowest BCUT2D eigenvalue weighted by atomic mass is 9.78. The topological polar surface area (TPSA) is 37.4 Å². The molecule has 1 heterocycles. The van der Waals surface area contributed by atoms with E-state index in [4.69, 9.17) is 0 Å². The van der Waals surface area contributed by atoms with Gasteiger partial charge in [0.2, 0.25) is 0 Å². The molecule has 84 valence electrons. The number of nitrogens with zero attached hydrogens (tertiary/aromatic N) is 1. The highest BCUT2D eigenvalue weighted by Gasteiger charge is 2.50. The largest absolute Gasteiger partial charge is 0.300 e. The van der Waals surface area contributed by atoms with E-state index in [2.05, 4.69) is 18.7 Å². The molecule has 0 amide bonds. The number of ketones is 2. The molecule has 3 nitrogen and oxygen atoms in total. The SMILES string of the molecule is CC(C)N1CCC(=O)C12CCC(=O)CC2. The molecule has 15 heavy (non-hydrogen) atoms. The van der Waals surface area contributed by atoms with Crippen LogP contribution in [0.1, 0.15) is 46.0 Å². The van der Waals surface area contributed by atoms with Crippen LogP contribution in [0.4, 0.5) is 0 Å². The van der Waals surface area contributed by atoms with Crippen LogP contribution in [0, 0.1) is 0 Å². The van der Waals surface area contributed by atoms with Crippen molar-refractivity contribution < 1.29 is 9.59 Å². The van der Waals surface area contributed by atoms with Crippen molar-refractivity contribution in [1.29, 1.82) is 0 Å². The summed E-state index contributed by atoms with van der Waals surface area (Å²) in [6, 6.07) is 0.407. The quantitative estimate of drug-likeness (QED) is 0.657. The third-order valence-electron chi connectivity index (χ3n) is 3.91. The lowest BCUT2D eigenvalue weighted by Gasteiger charge is -2.41. The molecule has 2 aliphatic rings. The Kier molecular flexibility index (Phi) is 2.67. The highest BCUT2D eigenvalue weighted by Crippen LogP contribution is 2.39. The number of rotatable bonds is 1. The highest BCUT2D eigenvalue weighted by atomic mass is 16.1. The number of carbonyl (C=O) groups is 2. The molecule has 1 aliphatic carbocycles. The van der Waals surface area contributed by atoms with E-state index in [1.807, 2.05) is 0 Å². The summed E-state index contributed by atoms with van der Waals surface area (Å²) < 4.78 is 0. The van der Waals surface area contributed by atoms with Gasteiger partial charge in [-0.25, -0.2) is 0 Å². The summed E-state index contributed by atoms with van der Waals surface area (Å²) in [6.45, 7) is 5.15. The third-order valence-corrected chi connectivity index (χ3v) is 3.91. The summed E-state index contributed by atoms with van der Waals surface area (Å²) in [7, 11) is 0. The minimum Gasteiger partial charge on any atom is -0.300 e. The Hall–Kier alpha value is -0.700. The Morgan fingerprint density at radius 2 is 1.73 bits per heavy atom. The van der Waals surface area contributed by atoms with Crippen LogP contribution >= 0.6 is 0 Å². The summed E-state index contributed by atoms with van der Waals surface area (Å²) >= 11 is 0. The Morgan fingerprint density at radius 1 is 1.13 bits per heavy atom. The van der Waals surface area contributed by atoms with E-state index in [9.17, 15) is 9.59 Å². The summed E-state index contributed by atoms with van der Waals surface area (Å²) in [5.41, 5.74) is -0.276. The van der Waals surface area contributed by atoms with Crippen molar-refractivity contribution in [2.75, 3.05) is 6.54 Å². The zero-order valence-corrected chi connectivity index (χ0v) is 9.58. The monoisotopic (exact) mass is 209 g/mol. The molecule has 1 saturated heterocycles. The van der Waals surface area contributed by atoms with Crippen LogP contribution in [0.5, 0.6) is 0 Å². The van der Waals surface area contributed by atoms with Crippen LogP contribution < -0.4 is 0 Å². The molecule has 0 N–H and O–H groups in total.